The molecule has 0 fully saturated rings. The summed E-state index contributed by atoms with van der Waals surface area (Å²) in [6.45, 7) is 2.17. The van der Waals surface area contributed by atoms with Crippen LogP contribution in [0.2, 0.25) is 0 Å². The Morgan fingerprint density at radius 2 is 2.00 bits per heavy atom. The van der Waals surface area contributed by atoms with Gasteiger partial charge >= 0.3 is 0 Å². The maximum atomic E-state index is 9.33. The lowest BCUT2D eigenvalue weighted by Gasteiger charge is -1.97. The van der Waals surface area contributed by atoms with E-state index in [-0.39, 0.29) is 5.75 Å². The number of aromatic hydroxyl groups is 1. The standard InChI is InChI=1S/C16H17N3O/c1-2-3-4-12-10-17-16-15(18-12)9-14(19-16)11-5-7-13(20)8-6-11/h5-10,20H,2-4H2,1H3,(H,17,19). The van der Waals surface area contributed by atoms with Gasteiger partial charge in [0, 0.05) is 5.69 Å². The fourth-order valence-corrected chi connectivity index (χ4v) is 2.21. The molecule has 20 heavy (non-hydrogen) atoms. The molecule has 3 rings (SSSR count). The van der Waals surface area contributed by atoms with Crippen LogP contribution in [0, 0.1) is 0 Å². The van der Waals surface area contributed by atoms with Gasteiger partial charge in [0.2, 0.25) is 0 Å². The van der Waals surface area contributed by atoms with Crippen LogP contribution in [0.1, 0.15) is 25.5 Å². The summed E-state index contributed by atoms with van der Waals surface area (Å²) in [5.41, 5.74) is 4.70. The largest absolute Gasteiger partial charge is 0.508 e. The number of aromatic nitrogens is 3. The maximum Gasteiger partial charge on any atom is 0.156 e. The smallest absolute Gasteiger partial charge is 0.156 e. The Balaban J connectivity index is 1.95. The molecule has 0 spiro atoms. The molecule has 2 aromatic heterocycles. The van der Waals surface area contributed by atoms with Gasteiger partial charge in [-0.05, 0) is 48.7 Å². The highest BCUT2D eigenvalue weighted by Gasteiger charge is 2.06. The second-order valence-electron chi connectivity index (χ2n) is 4.93. The van der Waals surface area contributed by atoms with Crippen LogP contribution in [-0.4, -0.2) is 20.1 Å². The molecule has 0 aliphatic carbocycles. The van der Waals surface area contributed by atoms with Gasteiger partial charge in [0.05, 0.1) is 11.9 Å². The van der Waals surface area contributed by atoms with E-state index < -0.39 is 0 Å². The number of aryl methyl sites for hydroxylation is 1. The van der Waals surface area contributed by atoms with Crippen molar-refractivity contribution < 1.29 is 5.11 Å². The molecule has 0 atom stereocenters. The number of rotatable bonds is 4. The van der Waals surface area contributed by atoms with Crippen LogP contribution in [0.5, 0.6) is 5.75 Å². The van der Waals surface area contributed by atoms with Gasteiger partial charge in [0.15, 0.2) is 5.65 Å². The normalized spacial score (nSPS) is 11.1. The summed E-state index contributed by atoms with van der Waals surface area (Å²) < 4.78 is 0. The highest BCUT2D eigenvalue weighted by atomic mass is 16.3. The molecule has 4 nitrogen and oxygen atoms in total. The summed E-state index contributed by atoms with van der Waals surface area (Å²) in [5.74, 6) is 0.267. The van der Waals surface area contributed by atoms with Crippen LogP contribution in [0.3, 0.4) is 0 Å². The SMILES string of the molecule is CCCCc1cnc2[nH]c(-c3ccc(O)cc3)cc2n1. The number of nitrogens with zero attached hydrogens (tertiary/aromatic N) is 2. The van der Waals surface area contributed by atoms with Crippen molar-refractivity contribution in [2.45, 2.75) is 26.2 Å². The lowest BCUT2D eigenvalue weighted by Crippen LogP contribution is -1.91. The van der Waals surface area contributed by atoms with Crippen molar-refractivity contribution in [1.82, 2.24) is 15.0 Å². The number of benzene rings is 1. The Hall–Kier alpha value is -2.36. The van der Waals surface area contributed by atoms with E-state index in [4.69, 9.17) is 0 Å². The molecule has 4 heteroatoms. The number of phenolic OH excluding ortho intramolecular Hbond substituents is 1. The monoisotopic (exact) mass is 267 g/mol. The summed E-state index contributed by atoms with van der Waals surface area (Å²) in [6, 6.07) is 9.10. The van der Waals surface area contributed by atoms with E-state index in [9.17, 15) is 5.11 Å². The molecule has 0 radical (unpaired) electrons. The molecule has 2 heterocycles. The van der Waals surface area contributed by atoms with Crippen LogP contribution in [-0.2, 0) is 6.42 Å². The third-order valence-electron chi connectivity index (χ3n) is 3.35. The highest BCUT2D eigenvalue weighted by Crippen LogP contribution is 2.24. The molecular formula is C16H17N3O. The van der Waals surface area contributed by atoms with Crippen LogP contribution < -0.4 is 0 Å². The summed E-state index contributed by atoms with van der Waals surface area (Å²) in [5, 5.41) is 9.33. The van der Waals surface area contributed by atoms with Gasteiger partial charge in [-0.3, -0.25) is 0 Å². The number of aromatic amines is 1. The number of unbranched alkanes of at least 4 members (excludes halogenated alkanes) is 1. The summed E-state index contributed by atoms with van der Waals surface area (Å²) in [4.78, 5) is 12.3. The number of phenols is 1. The summed E-state index contributed by atoms with van der Waals surface area (Å²) >= 11 is 0. The molecule has 1 aromatic carbocycles. The highest BCUT2D eigenvalue weighted by molar-refractivity contribution is 5.79. The molecule has 0 saturated heterocycles. The molecule has 0 saturated carbocycles. The number of hydrogen-bond acceptors (Lipinski definition) is 3. The molecule has 0 bridgehead atoms. The molecule has 0 amide bonds. The van der Waals surface area contributed by atoms with E-state index in [1.54, 1.807) is 12.1 Å². The average molecular weight is 267 g/mol. The van der Waals surface area contributed by atoms with Crippen molar-refractivity contribution in [1.29, 1.82) is 0 Å². The van der Waals surface area contributed by atoms with Crippen molar-refractivity contribution >= 4 is 11.2 Å². The van der Waals surface area contributed by atoms with Crippen LogP contribution in [0.25, 0.3) is 22.4 Å². The van der Waals surface area contributed by atoms with Gasteiger partial charge in [-0.25, -0.2) is 9.97 Å². The van der Waals surface area contributed by atoms with Crippen LogP contribution >= 0.6 is 0 Å². The fourth-order valence-electron chi connectivity index (χ4n) is 2.21. The molecule has 3 aromatic rings. The predicted molar refractivity (Wildman–Crippen MR) is 79.6 cm³/mol. The molecule has 2 N–H and O–H groups in total. The Morgan fingerprint density at radius 3 is 2.75 bits per heavy atom. The Bertz CT molecular complexity index is 716. The Morgan fingerprint density at radius 1 is 1.20 bits per heavy atom. The van der Waals surface area contributed by atoms with E-state index in [2.05, 4.69) is 21.9 Å². The first-order chi connectivity index (χ1) is 9.76. The third-order valence-corrected chi connectivity index (χ3v) is 3.35. The zero-order valence-corrected chi connectivity index (χ0v) is 11.4. The van der Waals surface area contributed by atoms with Gasteiger partial charge in [-0.2, -0.15) is 0 Å². The van der Waals surface area contributed by atoms with Crippen molar-refractivity contribution in [3.63, 3.8) is 0 Å². The predicted octanol–water partition coefficient (Wildman–Crippen LogP) is 3.67. The minimum atomic E-state index is 0.267. The first kappa shape index (κ1) is 12.7. The van der Waals surface area contributed by atoms with Crippen molar-refractivity contribution in [2.75, 3.05) is 0 Å². The average Bonchev–Trinajstić information content (AvgIpc) is 2.89. The first-order valence-electron chi connectivity index (χ1n) is 6.90. The molecule has 0 unspecified atom stereocenters. The second kappa shape index (κ2) is 5.33. The molecule has 102 valence electrons. The number of hydrogen-bond donors (Lipinski definition) is 2. The zero-order valence-electron chi connectivity index (χ0n) is 11.4. The zero-order chi connectivity index (χ0) is 13.9. The van der Waals surface area contributed by atoms with Gasteiger partial charge in [0.25, 0.3) is 0 Å². The quantitative estimate of drug-likeness (QED) is 0.758. The van der Waals surface area contributed by atoms with E-state index >= 15 is 0 Å². The first-order valence-corrected chi connectivity index (χ1v) is 6.90. The van der Waals surface area contributed by atoms with Gasteiger partial charge in [-0.15, -0.1) is 0 Å². The minimum absolute atomic E-state index is 0.267. The molecular weight excluding hydrogens is 250 g/mol. The van der Waals surface area contributed by atoms with Gasteiger partial charge < -0.3 is 10.1 Å². The third kappa shape index (κ3) is 2.50. The van der Waals surface area contributed by atoms with Crippen molar-refractivity contribution in [2.24, 2.45) is 0 Å². The molecule has 0 aliphatic heterocycles. The lowest BCUT2D eigenvalue weighted by atomic mass is 10.1. The van der Waals surface area contributed by atoms with E-state index in [1.165, 1.54) is 0 Å². The Kier molecular flexibility index (Phi) is 3.37. The number of nitrogens with one attached hydrogen (secondary N) is 1. The van der Waals surface area contributed by atoms with Crippen molar-refractivity contribution in [3.05, 3.63) is 42.2 Å². The van der Waals surface area contributed by atoms with E-state index in [1.807, 2.05) is 24.4 Å². The molecule has 0 aliphatic rings. The Labute approximate surface area is 117 Å². The maximum absolute atomic E-state index is 9.33. The van der Waals surface area contributed by atoms with E-state index in [0.29, 0.717) is 0 Å². The fraction of sp³-hybridized carbons (Fsp3) is 0.250. The minimum Gasteiger partial charge on any atom is -0.508 e. The topological polar surface area (TPSA) is 61.8 Å². The summed E-state index contributed by atoms with van der Waals surface area (Å²) in [6.07, 6.45) is 5.11. The van der Waals surface area contributed by atoms with Crippen molar-refractivity contribution in [3.8, 4) is 17.0 Å². The second-order valence-corrected chi connectivity index (χ2v) is 4.93. The van der Waals surface area contributed by atoms with Gasteiger partial charge in [-0.1, -0.05) is 13.3 Å². The van der Waals surface area contributed by atoms with Crippen LogP contribution in [0.4, 0.5) is 0 Å². The van der Waals surface area contributed by atoms with E-state index in [0.717, 1.165) is 47.4 Å². The lowest BCUT2D eigenvalue weighted by molar-refractivity contribution is 0.475. The summed E-state index contributed by atoms with van der Waals surface area (Å²) in [7, 11) is 0. The number of fused-ring (bicyclic) bond motifs is 1. The number of H-pyrrole nitrogens is 1. The van der Waals surface area contributed by atoms with Crippen LogP contribution in [0.15, 0.2) is 36.5 Å². The van der Waals surface area contributed by atoms with Gasteiger partial charge in [0.1, 0.15) is 11.3 Å².